The minimum absolute atomic E-state index is 0.000830. The molecule has 1 aliphatic rings. The molecule has 25 heavy (non-hydrogen) atoms. The molecule has 3 heterocycles. The van der Waals surface area contributed by atoms with Gasteiger partial charge in [-0.3, -0.25) is 4.79 Å². The number of amides is 1. The first-order valence-corrected chi connectivity index (χ1v) is 8.45. The number of piperazine rings is 1. The van der Waals surface area contributed by atoms with Crippen LogP contribution in [0.3, 0.4) is 0 Å². The molecule has 0 aliphatic carbocycles. The lowest BCUT2D eigenvalue weighted by molar-refractivity contribution is 0.0745. The van der Waals surface area contributed by atoms with Crippen LogP contribution in [0.15, 0.2) is 23.0 Å². The van der Waals surface area contributed by atoms with E-state index in [0.29, 0.717) is 43.6 Å². The van der Waals surface area contributed by atoms with Gasteiger partial charge in [-0.15, -0.1) is 0 Å². The monoisotopic (exact) mass is 344 g/mol. The number of nitrogens with zero attached hydrogens (tertiary/aromatic N) is 6. The number of anilines is 2. The maximum atomic E-state index is 12.4. The zero-order chi connectivity index (χ0) is 18.0. The van der Waals surface area contributed by atoms with Crippen molar-refractivity contribution in [2.24, 2.45) is 0 Å². The van der Waals surface area contributed by atoms with Crippen LogP contribution in [0, 0.1) is 0 Å². The third-order valence-corrected chi connectivity index (χ3v) is 4.16. The van der Waals surface area contributed by atoms with Crippen molar-refractivity contribution < 1.29 is 9.21 Å². The Morgan fingerprint density at radius 2 is 1.88 bits per heavy atom. The molecule has 1 amide bonds. The predicted molar refractivity (Wildman–Crippen MR) is 95.1 cm³/mol. The number of carbonyl (C=O) groups is 1. The topological polar surface area (TPSA) is 78.6 Å². The molecule has 1 saturated heterocycles. The molecule has 8 nitrogen and oxygen atoms in total. The van der Waals surface area contributed by atoms with Gasteiger partial charge in [-0.25, -0.2) is 0 Å². The fourth-order valence-electron chi connectivity index (χ4n) is 2.65. The fraction of sp³-hybridized carbons (Fsp3) is 0.529. The second-order valence-electron chi connectivity index (χ2n) is 6.63. The number of carbonyl (C=O) groups excluding carboxylic acids is 1. The van der Waals surface area contributed by atoms with E-state index in [9.17, 15) is 4.79 Å². The molecule has 8 heteroatoms. The molecule has 0 N–H and O–H groups in total. The van der Waals surface area contributed by atoms with Crippen LogP contribution in [0.25, 0.3) is 0 Å². The Morgan fingerprint density at radius 1 is 1.16 bits per heavy atom. The second kappa shape index (κ2) is 7.08. The van der Waals surface area contributed by atoms with Crippen LogP contribution in [-0.4, -0.2) is 66.0 Å². The van der Waals surface area contributed by atoms with Gasteiger partial charge in [0.2, 0.25) is 11.9 Å². The molecule has 0 bridgehead atoms. The van der Waals surface area contributed by atoms with Crippen LogP contribution < -0.4 is 9.80 Å². The summed E-state index contributed by atoms with van der Waals surface area (Å²) < 4.78 is 5.00. The van der Waals surface area contributed by atoms with Crippen molar-refractivity contribution in [2.45, 2.75) is 19.8 Å². The standard InChI is InChI=1S/C17H24N6O2/c1-12(2)14-18-16(21(3)4)20-17(19-14)23-8-6-22(7-9-23)15(24)13-5-10-25-11-13/h5,10-12H,6-9H2,1-4H3. The Kier molecular flexibility index (Phi) is 4.87. The van der Waals surface area contributed by atoms with Gasteiger partial charge in [0.1, 0.15) is 12.1 Å². The Morgan fingerprint density at radius 3 is 2.44 bits per heavy atom. The van der Waals surface area contributed by atoms with Crippen molar-refractivity contribution in [3.05, 3.63) is 30.0 Å². The summed E-state index contributed by atoms with van der Waals surface area (Å²) in [6, 6.07) is 1.69. The predicted octanol–water partition coefficient (Wildman–Crippen LogP) is 1.62. The molecule has 0 atom stereocenters. The average Bonchev–Trinajstić information content (AvgIpc) is 3.15. The normalized spacial score (nSPS) is 14.9. The molecule has 0 radical (unpaired) electrons. The molecule has 2 aromatic rings. The van der Waals surface area contributed by atoms with Gasteiger partial charge in [0.15, 0.2) is 0 Å². The summed E-state index contributed by atoms with van der Waals surface area (Å²) in [4.78, 5) is 31.9. The van der Waals surface area contributed by atoms with Gasteiger partial charge in [0.05, 0.1) is 11.8 Å². The zero-order valence-corrected chi connectivity index (χ0v) is 15.1. The summed E-state index contributed by atoms with van der Waals surface area (Å²) in [5, 5.41) is 0. The zero-order valence-electron chi connectivity index (χ0n) is 15.1. The first-order chi connectivity index (χ1) is 12.0. The number of rotatable bonds is 4. The van der Waals surface area contributed by atoms with Crippen molar-refractivity contribution in [3.8, 4) is 0 Å². The van der Waals surface area contributed by atoms with Crippen molar-refractivity contribution in [1.82, 2.24) is 19.9 Å². The van der Waals surface area contributed by atoms with Crippen LogP contribution in [0.5, 0.6) is 0 Å². The highest BCUT2D eigenvalue weighted by molar-refractivity contribution is 5.94. The van der Waals surface area contributed by atoms with Crippen molar-refractivity contribution in [1.29, 1.82) is 0 Å². The third kappa shape index (κ3) is 3.72. The van der Waals surface area contributed by atoms with Crippen LogP contribution in [0.4, 0.5) is 11.9 Å². The van der Waals surface area contributed by atoms with E-state index in [1.54, 1.807) is 6.07 Å². The Bertz CT molecular complexity index is 694. The van der Waals surface area contributed by atoms with E-state index in [2.05, 4.69) is 33.7 Å². The first-order valence-electron chi connectivity index (χ1n) is 8.45. The smallest absolute Gasteiger partial charge is 0.257 e. The van der Waals surface area contributed by atoms with E-state index in [1.807, 2.05) is 23.9 Å². The van der Waals surface area contributed by atoms with Gasteiger partial charge in [-0.05, 0) is 6.07 Å². The maximum absolute atomic E-state index is 12.4. The average molecular weight is 344 g/mol. The second-order valence-corrected chi connectivity index (χ2v) is 6.63. The van der Waals surface area contributed by atoms with Crippen LogP contribution >= 0.6 is 0 Å². The van der Waals surface area contributed by atoms with E-state index in [-0.39, 0.29) is 11.8 Å². The molecule has 0 spiro atoms. The Labute approximate surface area is 147 Å². The number of furan rings is 1. The van der Waals surface area contributed by atoms with E-state index in [4.69, 9.17) is 4.42 Å². The molecule has 0 aromatic carbocycles. The summed E-state index contributed by atoms with van der Waals surface area (Å²) >= 11 is 0. The fourth-order valence-corrected chi connectivity index (χ4v) is 2.65. The molecular formula is C17H24N6O2. The highest BCUT2D eigenvalue weighted by Gasteiger charge is 2.25. The number of hydrogen-bond acceptors (Lipinski definition) is 7. The lowest BCUT2D eigenvalue weighted by Gasteiger charge is -2.34. The van der Waals surface area contributed by atoms with Gasteiger partial charge in [0, 0.05) is 46.2 Å². The van der Waals surface area contributed by atoms with E-state index < -0.39 is 0 Å². The largest absolute Gasteiger partial charge is 0.472 e. The van der Waals surface area contributed by atoms with Gasteiger partial charge < -0.3 is 19.1 Å². The molecule has 3 rings (SSSR count). The molecule has 134 valence electrons. The quantitative estimate of drug-likeness (QED) is 0.834. The van der Waals surface area contributed by atoms with Gasteiger partial charge in [0.25, 0.3) is 5.91 Å². The lowest BCUT2D eigenvalue weighted by Crippen LogP contribution is -2.49. The van der Waals surface area contributed by atoms with Gasteiger partial charge in [-0.2, -0.15) is 15.0 Å². The Hall–Kier alpha value is -2.64. The molecule has 2 aromatic heterocycles. The van der Waals surface area contributed by atoms with E-state index >= 15 is 0 Å². The third-order valence-electron chi connectivity index (χ3n) is 4.16. The summed E-state index contributed by atoms with van der Waals surface area (Å²) in [5.41, 5.74) is 0.589. The molecule has 0 unspecified atom stereocenters. The summed E-state index contributed by atoms with van der Waals surface area (Å²) in [5.74, 6) is 2.35. The SMILES string of the molecule is CC(C)c1nc(N(C)C)nc(N2CCN(C(=O)c3ccoc3)CC2)n1. The Balaban J connectivity index is 1.73. The summed E-state index contributed by atoms with van der Waals surface area (Å²) in [6.07, 6.45) is 3.00. The highest BCUT2D eigenvalue weighted by atomic mass is 16.3. The van der Waals surface area contributed by atoms with E-state index in [1.165, 1.54) is 12.5 Å². The van der Waals surface area contributed by atoms with Crippen LogP contribution in [0.2, 0.25) is 0 Å². The maximum Gasteiger partial charge on any atom is 0.257 e. The molecular weight excluding hydrogens is 320 g/mol. The van der Waals surface area contributed by atoms with Crippen LogP contribution in [-0.2, 0) is 0 Å². The molecule has 1 aliphatic heterocycles. The number of hydrogen-bond donors (Lipinski definition) is 0. The minimum atomic E-state index is 0.000830. The van der Waals surface area contributed by atoms with Crippen molar-refractivity contribution >= 4 is 17.8 Å². The lowest BCUT2D eigenvalue weighted by atomic mass is 10.2. The first kappa shape index (κ1) is 17.2. The summed E-state index contributed by atoms with van der Waals surface area (Å²) in [6.45, 7) is 6.78. The minimum Gasteiger partial charge on any atom is -0.472 e. The number of aromatic nitrogens is 3. The van der Waals surface area contributed by atoms with Crippen LogP contribution in [0.1, 0.15) is 35.9 Å². The van der Waals surface area contributed by atoms with E-state index in [0.717, 1.165) is 5.82 Å². The summed E-state index contributed by atoms with van der Waals surface area (Å²) in [7, 11) is 3.84. The van der Waals surface area contributed by atoms with Crippen molar-refractivity contribution in [2.75, 3.05) is 50.1 Å². The molecule has 0 saturated carbocycles. The molecule has 1 fully saturated rings. The van der Waals surface area contributed by atoms with Gasteiger partial charge in [-0.1, -0.05) is 13.8 Å². The van der Waals surface area contributed by atoms with Gasteiger partial charge >= 0.3 is 0 Å². The highest BCUT2D eigenvalue weighted by Crippen LogP contribution is 2.19. The van der Waals surface area contributed by atoms with Crippen molar-refractivity contribution in [3.63, 3.8) is 0 Å².